The fourth-order valence-corrected chi connectivity index (χ4v) is 3.77. The lowest BCUT2D eigenvalue weighted by Gasteiger charge is -2.53. The first-order valence-electron chi connectivity index (χ1n) is 7.62. The van der Waals surface area contributed by atoms with Crippen molar-refractivity contribution in [2.75, 3.05) is 13.1 Å². The summed E-state index contributed by atoms with van der Waals surface area (Å²) in [7, 11) is 0. The second-order valence-electron chi connectivity index (χ2n) is 6.05. The highest BCUT2D eigenvalue weighted by Gasteiger charge is 2.49. The van der Waals surface area contributed by atoms with Crippen LogP contribution in [0.5, 0.6) is 0 Å². The molecule has 2 saturated heterocycles. The highest BCUT2D eigenvalue weighted by molar-refractivity contribution is 5.88. The summed E-state index contributed by atoms with van der Waals surface area (Å²) in [5.41, 5.74) is -0.114. The summed E-state index contributed by atoms with van der Waals surface area (Å²) in [5, 5.41) is 0. The highest BCUT2D eigenvalue weighted by Crippen LogP contribution is 2.44. The van der Waals surface area contributed by atoms with Gasteiger partial charge in [-0.1, -0.05) is 25.8 Å². The van der Waals surface area contributed by atoms with Crippen LogP contribution in [-0.2, 0) is 4.79 Å². The Morgan fingerprint density at radius 1 is 1.39 bits per heavy atom. The summed E-state index contributed by atoms with van der Waals surface area (Å²) in [4.78, 5) is 15.1. The van der Waals surface area contributed by atoms with Crippen LogP contribution in [0.4, 0.5) is 0 Å². The minimum absolute atomic E-state index is 0.114. The Hall–Kier alpha value is -0.630. The number of unbranched alkanes of at least 4 members (excludes halogenated alkanes) is 2. The molecule has 0 spiro atoms. The maximum Gasteiger partial charge on any atom is 0.153 e. The molecular formula is C16H27NO. The molecule has 2 heterocycles. The highest BCUT2D eigenvalue weighted by atomic mass is 16.1. The van der Waals surface area contributed by atoms with E-state index in [0.717, 1.165) is 44.7 Å². The molecule has 18 heavy (non-hydrogen) atoms. The molecule has 3 rings (SSSR count). The average molecular weight is 249 g/mol. The second kappa shape index (κ2) is 6.01. The molecule has 0 N–H and O–H groups in total. The lowest BCUT2D eigenvalue weighted by molar-refractivity contribution is -0.140. The van der Waals surface area contributed by atoms with Crippen LogP contribution >= 0.6 is 0 Å². The normalized spacial score (nSPS) is 31.5. The van der Waals surface area contributed by atoms with Gasteiger partial charge in [-0.25, -0.2) is 0 Å². The standard InChI is InChI=1S/C16H27NO/c1-3-5-6-7-15(18)16-10-8-14(9-11-16)13-17(16)12-4-2/h4,14H,2-3,5-13H2,1H3. The van der Waals surface area contributed by atoms with E-state index in [4.69, 9.17) is 0 Å². The van der Waals surface area contributed by atoms with E-state index < -0.39 is 0 Å². The first kappa shape index (κ1) is 13.8. The molecule has 0 radical (unpaired) electrons. The predicted molar refractivity (Wildman–Crippen MR) is 75.6 cm³/mol. The van der Waals surface area contributed by atoms with Gasteiger partial charge in [-0.05, 0) is 38.0 Å². The van der Waals surface area contributed by atoms with E-state index in [1.165, 1.54) is 25.7 Å². The zero-order valence-electron chi connectivity index (χ0n) is 11.8. The van der Waals surface area contributed by atoms with Crippen molar-refractivity contribution in [3.05, 3.63) is 12.7 Å². The summed E-state index contributed by atoms with van der Waals surface area (Å²) in [5.74, 6) is 1.34. The van der Waals surface area contributed by atoms with E-state index in [1.54, 1.807) is 0 Å². The molecule has 2 nitrogen and oxygen atoms in total. The maximum absolute atomic E-state index is 12.7. The summed E-state index contributed by atoms with van der Waals surface area (Å²) < 4.78 is 0. The van der Waals surface area contributed by atoms with E-state index in [0.29, 0.717) is 5.78 Å². The molecular weight excluding hydrogens is 222 g/mol. The van der Waals surface area contributed by atoms with Crippen LogP contribution in [0.1, 0.15) is 58.3 Å². The molecule has 0 amide bonds. The Bertz CT molecular complexity index is 302. The van der Waals surface area contributed by atoms with Crippen molar-refractivity contribution in [3.8, 4) is 0 Å². The molecule has 3 aliphatic rings. The third kappa shape index (κ3) is 2.54. The fraction of sp³-hybridized carbons (Fsp3) is 0.812. The Morgan fingerprint density at radius 2 is 2.11 bits per heavy atom. The van der Waals surface area contributed by atoms with Gasteiger partial charge in [0.1, 0.15) is 0 Å². The number of ketones is 1. The van der Waals surface area contributed by atoms with Crippen LogP contribution < -0.4 is 0 Å². The number of nitrogens with zero attached hydrogens (tertiary/aromatic N) is 1. The zero-order chi connectivity index (χ0) is 13.0. The third-order valence-electron chi connectivity index (χ3n) is 4.89. The van der Waals surface area contributed by atoms with Gasteiger partial charge in [0.2, 0.25) is 0 Å². The molecule has 0 unspecified atom stereocenters. The summed E-state index contributed by atoms with van der Waals surface area (Å²) in [6.45, 7) is 8.05. The lowest BCUT2D eigenvalue weighted by atomic mass is 9.67. The second-order valence-corrected chi connectivity index (χ2v) is 6.05. The Labute approximate surface area is 111 Å². The largest absolute Gasteiger partial charge is 0.298 e. The van der Waals surface area contributed by atoms with Gasteiger partial charge in [-0.2, -0.15) is 0 Å². The van der Waals surface area contributed by atoms with Crippen molar-refractivity contribution in [2.45, 2.75) is 63.8 Å². The molecule has 102 valence electrons. The monoisotopic (exact) mass is 249 g/mol. The lowest BCUT2D eigenvalue weighted by Crippen LogP contribution is -2.62. The Balaban J connectivity index is 2.04. The molecule has 0 aromatic carbocycles. The molecule has 3 fully saturated rings. The maximum atomic E-state index is 12.7. The quantitative estimate of drug-likeness (QED) is 0.508. The van der Waals surface area contributed by atoms with Gasteiger partial charge in [0, 0.05) is 19.5 Å². The van der Waals surface area contributed by atoms with Crippen LogP contribution in [0, 0.1) is 5.92 Å². The summed E-state index contributed by atoms with van der Waals surface area (Å²) >= 11 is 0. The van der Waals surface area contributed by atoms with Gasteiger partial charge in [0.15, 0.2) is 5.78 Å². The zero-order valence-corrected chi connectivity index (χ0v) is 11.8. The number of rotatable bonds is 7. The number of hydrogen-bond acceptors (Lipinski definition) is 2. The van der Waals surface area contributed by atoms with Crippen molar-refractivity contribution in [2.24, 2.45) is 5.92 Å². The number of fused-ring (bicyclic) bond motifs is 3. The van der Waals surface area contributed by atoms with Crippen molar-refractivity contribution in [3.63, 3.8) is 0 Å². The molecule has 0 aromatic heterocycles. The van der Waals surface area contributed by atoms with Gasteiger partial charge in [0.25, 0.3) is 0 Å². The van der Waals surface area contributed by atoms with E-state index in [9.17, 15) is 4.79 Å². The van der Waals surface area contributed by atoms with Crippen LogP contribution in [0.15, 0.2) is 12.7 Å². The van der Waals surface area contributed by atoms with E-state index in [-0.39, 0.29) is 5.54 Å². The SMILES string of the molecule is C=CCN1CC2CCC1(C(=O)CCCCC)CC2. The molecule has 2 heteroatoms. The van der Waals surface area contributed by atoms with Crippen molar-refractivity contribution >= 4 is 5.78 Å². The van der Waals surface area contributed by atoms with Gasteiger partial charge < -0.3 is 0 Å². The number of hydrogen-bond donors (Lipinski definition) is 0. The predicted octanol–water partition coefficient (Wildman–Crippen LogP) is 3.57. The minimum atomic E-state index is -0.114. The number of Topliss-reactive ketones (excluding diaryl/α,β-unsaturated/α-hetero) is 1. The van der Waals surface area contributed by atoms with Gasteiger partial charge in [-0.15, -0.1) is 6.58 Å². The van der Waals surface area contributed by atoms with Crippen molar-refractivity contribution < 1.29 is 4.79 Å². The van der Waals surface area contributed by atoms with Gasteiger partial charge >= 0.3 is 0 Å². The van der Waals surface area contributed by atoms with E-state index >= 15 is 0 Å². The third-order valence-corrected chi connectivity index (χ3v) is 4.89. The molecule has 1 aliphatic carbocycles. The first-order valence-corrected chi connectivity index (χ1v) is 7.62. The molecule has 1 saturated carbocycles. The number of carbonyl (C=O) groups is 1. The smallest absolute Gasteiger partial charge is 0.153 e. The average Bonchev–Trinajstić information content (AvgIpc) is 2.41. The summed E-state index contributed by atoms with van der Waals surface area (Å²) in [6.07, 6.45) is 10.9. The molecule has 0 atom stereocenters. The van der Waals surface area contributed by atoms with Crippen LogP contribution in [-0.4, -0.2) is 29.3 Å². The summed E-state index contributed by atoms with van der Waals surface area (Å²) in [6, 6.07) is 0. The fourth-order valence-electron chi connectivity index (χ4n) is 3.77. The van der Waals surface area contributed by atoms with Crippen LogP contribution in [0.25, 0.3) is 0 Å². The topological polar surface area (TPSA) is 20.3 Å². The van der Waals surface area contributed by atoms with Crippen molar-refractivity contribution in [1.82, 2.24) is 4.90 Å². The first-order chi connectivity index (χ1) is 8.73. The molecule has 2 aliphatic heterocycles. The molecule has 2 bridgehead atoms. The van der Waals surface area contributed by atoms with E-state index in [1.807, 2.05) is 6.08 Å². The number of piperidine rings is 2. The van der Waals surface area contributed by atoms with Crippen molar-refractivity contribution in [1.29, 1.82) is 0 Å². The number of carbonyl (C=O) groups excluding carboxylic acids is 1. The Morgan fingerprint density at radius 3 is 2.72 bits per heavy atom. The van der Waals surface area contributed by atoms with Gasteiger partial charge in [-0.3, -0.25) is 9.69 Å². The van der Waals surface area contributed by atoms with Gasteiger partial charge in [0.05, 0.1) is 5.54 Å². The minimum Gasteiger partial charge on any atom is -0.298 e. The Kier molecular flexibility index (Phi) is 4.60. The molecule has 0 aromatic rings. The van der Waals surface area contributed by atoms with E-state index in [2.05, 4.69) is 18.4 Å². The van der Waals surface area contributed by atoms with Crippen LogP contribution in [0.2, 0.25) is 0 Å². The van der Waals surface area contributed by atoms with Crippen LogP contribution in [0.3, 0.4) is 0 Å².